The maximum absolute atomic E-state index is 11.7. The van der Waals surface area contributed by atoms with Gasteiger partial charge in [-0.2, -0.15) is 23.4 Å². The van der Waals surface area contributed by atoms with Crippen molar-refractivity contribution in [1.82, 2.24) is 20.8 Å². The molecule has 0 spiro atoms. The zero-order chi connectivity index (χ0) is 12.0. The molecule has 16 heavy (non-hydrogen) atoms. The molecule has 0 aliphatic heterocycles. The summed E-state index contributed by atoms with van der Waals surface area (Å²) in [6.45, 7) is -1.34. The minimum Gasteiger partial charge on any atom is -0.332 e. The second-order valence-corrected chi connectivity index (χ2v) is 2.87. The summed E-state index contributed by atoms with van der Waals surface area (Å²) in [5.74, 6) is 0. The van der Waals surface area contributed by atoms with Gasteiger partial charge in [0.25, 0.3) is 0 Å². The Morgan fingerprint density at radius 2 is 2.12 bits per heavy atom. The lowest BCUT2D eigenvalue weighted by molar-refractivity contribution is -0.122. The Morgan fingerprint density at radius 3 is 2.69 bits per heavy atom. The summed E-state index contributed by atoms with van der Waals surface area (Å²) in [6, 6.07) is 2.30. The van der Waals surface area contributed by atoms with Crippen LogP contribution in [-0.2, 0) is 6.54 Å². The number of carbonyl (C=O) groups is 1. The molecule has 0 radical (unpaired) electrons. The van der Waals surface area contributed by atoms with E-state index in [1.54, 1.807) is 17.4 Å². The fraction of sp³-hybridized carbons (Fsp3) is 0.375. The largest absolute Gasteiger partial charge is 0.405 e. The summed E-state index contributed by atoms with van der Waals surface area (Å²) < 4.78 is 35.1. The fourth-order valence-electron chi connectivity index (χ4n) is 0.842. The first-order valence-corrected chi connectivity index (χ1v) is 4.32. The normalized spacial score (nSPS) is 10.9. The molecule has 0 aliphatic carbocycles. The molecule has 0 bridgehead atoms. The summed E-state index contributed by atoms with van der Waals surface area (Å²) >= 11 is 0. The number of halogens is 3. The highest BCUT2D eigenvalue weighted by atomic mass is 19.4. The molecule has 1 aromatic rings. The van der Waals surface area contributed by atoms with Gasteiger partial charge in [-0.15, -0.1) is 0 Å². The summed E-state index contributed by atoms with van der Waals surface area (Å²) in [4.78, 5) is 10.9. The van der Waals surface area contributed by atoms with Crippen LogP contribution in [0, 0.1) is 0 Å². The van der Waals surface area contributed by atoms with Gasteiger partial charge in [0, 0.05) is 6.20 Å². The van der Waals surface area contributed by atoms with E-state index in [1.165, 1.54) is 6.20 Å². The van der Waals surface area contributed by atoms with Crippen LogP contribution >= 0.6 is 0 Å². The minimum atomic E-state index is -4.41. The fourth-order valence-corrected chi connectivity index (χ4v) is 0.842. The number of amides is 2. The van der Waals surface area contributed by atoms with Gasteiger partial charge in [0.1, 0.15) is 6.54 Å². The first-order chi connectivity index (χ1) is 7.47. The van der Waals surface area contributed by atoms with Crippen molar-refractivity contribution in [3.05, 3.63) is 24.0 Å². The van der Waals surface area contributed by atoms with Gasteiger partial charge >= 0.3 is 12.2 Å². The van der Waals surface area contributed by atoms with Gasteiger partial charge in [-0.05, 0) is 12.1 Å². The van der Waals surface area contributed by atoms with Crippen LogP contribution in [0.15, 0.2) is 18.3 Å². The first-order valence-electron chi connectivity index (χ1n) is 4.32. The van der Waals surface area contributed by atoms with Crippen molar-refractivity contribution in [1.29, 1.82) is 0 Å². The quantitative estimate of drug-likeness (QED) is 0.814. The van der Waals surface area contributed by atoms with Crippen LogP contribution in [0.3, 0.4) is 0 Å². The van der Waals surface area contributed by atoms with Gasteiger partial charge < -0.3 is 10.6 Å². The molecule has 0 unspecified atom stereocenters. The molecule has 0 aromatic carbocycles. The number of hydrogen-bond donors (Lipinski definition) is 2. The van der Waals surface area contributed by atoms with Crippen LogP contribution in [0.4, 0.5) is 18.0 Å². The van der Waals surface area contributed by atoms with Crippen molar-refractivity contribution >= 4 is 6.03 Å². The van der Waals surface area contributed by atoms with Crippen LogP contribution in [0.1, 0.15) is 5.69 Å². The molecule has 0 aliphatic rings. The molecule has 0 saturated carbocycles. The lowest BCUT2D eigenvalue weighted by Crippen LogP contribution is -2.40. The topological polar surface area (TPSA) is 66.9 Å². The monoisotopic (exact) mass is 234 g/mol. The van der Waals surface area contributed by atoms with Gasteiger partial charge in [-0.1, -0.05) is 0 Å². The summed E-state index contributed by atoms with van der Waals surface area (Å²) in [7, 11) is 0. The van der Waals surface area contributed by atoms with Crippen molar-refractivity contribution < 1.29 is 18.0 Å². The van der Waals surface area contributed by atoms with Crippen LogP contribution in [0.25, 0.3) is 0 Å². The second kappa shape index (κ2) is 5.29. The Morgan fingerprint density at radius 1 is 1.38 bits per heavy atom. The predicted octanol–water partition coefficient (Wildman–Crippen LogP) is 0.838. The van der Waals surface area contributed by atoms with E-state index in [2.05, 4.69) is 15.5 Å². The van der Waals surface area contributed by atoms with E-state index < -0.39 is 18.8 Å². The molecule has 2 N–H and O–H groups in total. The molecular formula is C8H9F3N4O. The maximum Gasteiger partial charge on any atom is 0.405 e. The SMILES string of the molecule is O=C(NCc1cccnn1)NCC(F)(F)F. The molecule has 2 amide bonds. The van der Waals surface area contributed by atoms with Crippen LogP contribution in [-0.4, -0.2) is 28.9 Å². The number of urea groups is 1. The number of aromatic nitrogens is 2. The van der Waals surface area contributed by atoms with E-state index in [4.69, 9.17) is 0 Å². The van der Waals surface area contributed by atoms with Crippen molar-refractivity contribution in [3.63, 3.8) is 0 Å². The summed E-state index contributed by atoms with van der Waals surface area (Å²) in [5.41, 5.74) is 0.463. The van der Waals surface area contributed by atoms with Gasteiger partial charge in [-0.3, -0.25) is 0 Å². The van der Waals surface area contributed by atoms with Gasteiger partial charge in [0.15, 0.2) is 0 Å². The third-order valence-electron chi connectivity index (χ3n) is 1.51. The number of rotatable bonds is 3. The molecule has 1 heterocycles. The Labute approximate surface area is 89.1 Å². The number of nitrogens with zero attached hydrogens (tertiary/aromatic N) is 2. The Kier molecular flexibility index (Phi) is 4.03. The van der Waals surface area contributed by atoms with Crippen molar-refractivity contribution in [2.45, 2.75) is 12.7 Å². The van der Waals surface area contributed by atoms with Crippen molar-refractivity contribution in [2.24, 2.45) is 0 Å². The van der Waals surface area contributed by atoms with Gasteiger partial charge in [0.05, 0.1) is 12.2 Å². The third kappa shape index (κ3) is 5.13. The van der Waals surface area contributed by atoms with Crippen LogP contribution in [0.5, 0.6) is 0 Å². The van der Waals surface area contributed by atoms with Crippen LogP contribution in [0.2, 0.25) is 0 Å². The van der Waals surface area contributed by atoms with E-state index in [0.717, 1.165) is 0 Å². The third-order valence-corrected chi connectivity index (χ3v) is 1.51. The molecule has 1 rings (SSSR count). The molecule has 8 heteroatoms. The zero-order valence-electron chi connectivity index (χ0n) is 8.08. The predicted molar refractivity (Wildman–Crippen MR) is 48.3 cm³/mol. The molecule has 0 fully saturated rings. The lowest BCUT2D eigenvalue weighted by atomic mass is 10.4. The van der Waals surface area contributed by atoms with E-state index >= 15 is 0 Å². The number of carbonyl (C=O) groups excluding carboxylic acids is 1. The van der Waals surface area contributed by atoms with Gasteiger partial charge in [0.2, 0.25) is 0 Å². The molecule has 0 atom stereocenters. The minimum absolute atomic E-state index is 0.0253. The zero-order valence-corrected chi connectivity index (χ0v) is 8.08. The Bertz CT molecular complexity index is 341. The Balaban J connectivity index is 2.26. The maximum atomic E-state index is 11.7. The average molecular weight is 234 g/mol. The van der Waals surface area contributed by atoms with Crippen molar-refractivity contribution in [2.75, 3.05) is 6.54 Å². The summed E-state index contributed by atoms with van der Waals surface area (Å²) in [5, 5.41) is 11.1. The second-order valence-electron chi connectivity index (χ2n) is 2.87. The van der Waals surface area contributed by atoms with E-state index in [-0.39, 0.29) is 6.54 Å². The molecule has 0 saturated heterocycles. The summed E-state index contributed by atoms with van der Waals surface area (Å²) in [6.07, 6.45) is -2.96. The highest BCUT2D eigenvalue weighted by Gasteiger charge is 2.27. The average Bonchev–Trinajstić information content (AvgIpc) is 2.24. The van der Waals surface area contributed by atoms with E-state index in [1.807, 2.05) is 0 Å². The molecule has 88 valence electrons. The highest BCUT2D eigenvalue weighted by molar-refractivity contribution is 5.73. The number of hydrogen-bond acceptors (Lipinski definition) is 3. The first kappa shape index (κ1) is 12.2. The highest BCUT2D eigenvalue weighted by Crippen LogP contribution is 2.11. The smallest absolute Gasteiger partial charge is 0.332 e. The van der Waals surface area contributed by atoms with E-state index in [9.17, 15) is 18.0 Å². The van der Waals surface area contributed by atoms with Crippen LogP contribution < -0.4 is 10.6 Å². The van der Waals surface area contributed by atoms with E-state index in [0.29, 0.717) is 5.69 Å². The molecule has 1 aromatic heterocycles. The lowest BCUT2D eigenvalue weighted by Gasteiger charge is -2.09. The Hall–Kier alpha value is -1.86. The van der Waals surface area contributed by atoms with Gasteiger partial charge in [-0.25, -0.2) is 4.79 Å². The molecular weight excluding hydrogens is 225 g/mol. The standard InChI is InChI=1S/C8H9F3N4O/c9-8(10,11)5-13-7(16)12-4-6-2-1-3-14-15-6/h1-3H,4-5H2,(H2,12,13,16). The number of alkyl halides is 3. The molecule has 5 nitrogen and oxygen atoms in total. The number of nitrogens with one attached hydrogen (secondary N) is 2. The van der Waals surface area contributed by atoms with Crippen molar-refractivity contribution in [3.8, 4) is 0 Å².